The van der Waals surface area contributed by atoms with Crippen LogP contribution in [0.25, 0.3) is 0 Å². The maximum Gasteiger partial charge on any atom is 0.0727 e. The van der Waals surface area contributed by atoms with Crippen molar-refractivity contribution >= 4 is 11.3 Å². The van der Waals surface area contributed by atoms with Crippen molar-refractivity contribution in [3.8, 4) is 0 Å². The Morgan fingerprint density at radius 3 is 3.29 bits per heavy atom. The summed E-state index contributed by atoms with van der Waals surface area (Å²) in [7, 11) is 0. The maximum atomic E-state index is 5.46. The summed E-state index contributed by atoms with van der Waals surface area (Å²) in [5.41, 5.74) is 1.44. The van der Waals surface area contributed by atoms with Gasteiger partial charge >= 0.3 is 0 Å². The Kier molecular flexibility index (Phi) is 2.32. The summed E-state index contributed by atoms with van der Waals surface area (Å²) in [6, 6.07) is 2.98. The fourth-order valence-electron chi connectivity index (χ4n) is 2.27. The minimum absolute atomic E-state index is 0.630. The second-order valence-electron chi connectivity index (χ2n) is 4.05. The molecule has 76 valence electrons. The van der Waals surface area contributed by atoms with Crippen LogP contribution in [0.15, 0.2) is 6.07 Å². The SMILES string of the molecule is c1c(C2CCCN2)sc2c1COCC2. The molecular formula is C11H15NOS. The molecule has 2 aliphatic rings. The van der Waals surface area contributed by atoms with E-state index in [4.69, 9.17) is 4.74 Å². The number of hydrogen-bond donors (Lipinski definition) is 1. The van der Waals surface area contributed by atoms with E-state index in [9.17, 15) is 0 Å². The molecule has 1 N–H and O–H groups in total. The van der Waals surface area contributed by atoms with Gasteiger partial charge in [-0.05, 0) is 31.0 Å². The van der Waals surface area contributed by atoms with Crippen molar-refractivity contribution in [3.63, 3.8) is 0 Å². The zero-order chi connectivity index (χ0) is 9.38. The van der Waals surface area contributed by atoms with Gasteiger partial charge in [0.2, 0.25) is 0 Å². The summed E-state index contributed by atoms with van der Waals surface area (Å²) in [4.78, 5) is 3.08. The number of rotatable bonds is 1. The third-order valence-corrected chi connectivity index (χ3v) is 4.40. The fraction of sp³-hybridized carbons (Fsp3) is 0.636. The molecule has 3 heteroatoms. The molecule has 0 radical (unpaired) electrons. The van der Waals surface area contributed by atoms with Gasteiger partial charge in [0, 0.05) is 22.2 Å². The van der Waals surface area contributed by atoms with Crippen LogP contribution in [0.4, 0.5) is 0 Å². The van der Waals surface area contributed by atoms with Crippen molar-refractivity contribution in [1.82, 2.24) is 5.32 Å². The van der Waals surface area contributed by atoms with Crippen LogP contribution in [0, 0.1) is 0 Å². The van der Waals surface area contributed by atoms with Crippen molar-refractivity contribution in [3.05, 3.63) is 21.4 Å². The Morgan fingerprint density at radius 2 is 2.50 bits per heavy atom. The van der Waals surface area contributed by atoms with Crippen molar-refractivity contribution in [1.29, 1.82) is 0 Å². The average molecular weight is 209 g/mol. The van der Waals surface area contributed by atoms with Gasteiger partial charge in [-0.3, -0.25) is 0 Å². The smallest absolute Gasteiger partial charge is 0.0727 e. The van der Waals surface area contributed by atoms with E-state index < -0.39 is 0 Å². The Hall–Kier alpha value is -0.380. The first kappa shape index (κ1) is 8.89. The second-order valence-corrected chi connectivity index (χ2v) is 5.22. The zero-order valence-corrected chi connectivity index (χ0v) is 9.03. The Bertz CT molecular complexity index is 305. The molecule has 1 atom stereocenters. The zero-order valence-electron chi connectivity index (χ0n) is 8.21. The van der Waals surface area contributed by atoms with Crippen LogP contribution in [-0.2, 0) is 17.8 Å². The summed E-state index contributed by atoms with van der Waals surface area (Å²) in [5.74, 6) is 0. The van der Waals surface area contributed by atoms with Crippen molar-refractivity contribution < 1.29 is 4.74 Å². The molecule has 0 aliphatic carbocycles. The molecule has 0 aromatic carbocycles. The monoisotopic (exact) mass is 209 g/mol. The molecule has 1 unspecified atom stereocenters. The highest BCUT2D eigenvalue weighted by Crippen LogP contribution is 2.34. The molecule has 2 aliphatic heterocycles. The van der Waals surface area contributed by atoms with Crippen LogP contribution in [-0.4, -0.2) is 13.2 Å². The van der Waals surface area contributed by atoms with Crippen LogP contribution in [0.2, 0.25) is 0 Å². The van der Waals surface area contributed by atoms with Gasteiger partial charge < -0.3 is 10.1 Å². The molecule has 1 fully saturated rings. The molecule has 0 amide bonds. The molecule has 1 aromatic heterocycles. The topological polar surface area (TPSA) is 21.3 Å². The van der Waals surface area contributed by atoms with Crippen LogP contribution >= 0.6 is 11.3 Å². The van der Waals surface area contributed by atoms with E-state index in [1.165, 1.54) is 29.8 Å². The lowest BCUT2D eigenvalue weighted by Crippen LogP contribution is -2.11. The molecule has 3 rings (SSSR count). The van der Waals surface area contributed by atoms with Gasteiger partial charge in [-0.2, -0.15) is 0 Å². The quantitative estimate of drug-likeness (QED) is 0.766. The Labute approximate surface area is 88.3 Å². The lowest BCUT2D eigenvalue weighted by Gasteiger charge is -2.10. The Morgan fingerprint density at radius 1 is 1.50 bits per heavy atom. The van der Waals surface area contributed by atoms with E-state index in [1.54, 1.807) is 4.88 Å². The summed E-state index contributed by atoms with van der Waals surface area (Å²) >= 11 is 1.99. The number of thiophene rings is 1. The lowest BCUT2D eigenvalue weighted by molar-refractivity contribution is 0.112. The summed E-state index contributed by atoms with van der Waals surface area (Å²) in [5, 5.41) is 3.55. The number of fused-ring (bicyclic) bond motifs is 1. The summed E-state index contributed by atoms with van der Waals surface area (Å²) in [6.45, 7) is 2.92. The largest absolute Gasteiger partial charge is 0.376 e. The van der Waals surface area contributed by atoms with Crippen molar-refractivity contribution in [2.24, 2.45) is 0 Å². The highest BCUT2D eigenvalue weighted by atomic mass is 32.1. The second kappa shape index (κ2) is 3.65. The fourth-order valence-corrected chi connectivity index (χ4v) is 3.53. The van der Waals surface area contributed by atoms with E-state index in [0.717, 1.165) is 19.6 Å². The molecule has 3 heterocycles. The van der Waals surface area contributed by atoms with E-state index >= 15 is 0 Å². The molecule has 2 nitrogen and oxygen atoms in total. The molecule has 0 saturated carbocycles. The predicted octanol–water partition coefficient (Wildman–Crippen LogP) is 2.25. The van der Waals surface area contributed by atoms with Gasteiger partial charge in [0.25, 0.3) is 0 Å². The summed E-state index contributed by atoms with van der Waals surface area (Å²) < 4.78 is 5.46. The highest BCUT2D eigenvalue weighted by Gasteiger charge is 2.21. The van der Waals surface area contributed by atoms with Gasteiger partial charge in [-0.15, -0.1) is 11.3 Å². The first-order valence-electron chi connectivity index (χ1n) is 5.36. The van der Waals surface area contributed by atoms with Gasteiger partial charge in [0.1, 0.15) is 0 Å². The predicted molar refractivity (Wildman–Crippen MR) is 57.7 cm³/mol. The number of nitrogens with one attached hydrogen (secondary N) is 1. The minimum atomic E-state index is 0.630. The third kappa shape index (κ3) is 1.49. The minimum Gasteiger partial charge on any atom is -0.376 e. The Balaban J connectivity index is 1.87. The first-order chi connectivity index (χ1) is 6.93. The van der Waals surface area contributed by atoms with Crippen molar-refractivity contribution in [2.75, 3.05) is 13.2 Å². The molecule has 1 saturated heterocycles. The van der Waals surface area contributed by atoms with Gasteiger partial charge in [0.05, 0.1) is 13.2 Å². The molecule has 0 spiro atoms. The van der Waals surface area contributed by atoms with Crippen LogP contribution in [0.5, 0.6) is 0 Å². The highest BCUT2D eigenvalue weighted by molar-refractivity contribution is 7.12. The van der Waals surface area contributed by atoms with E-state index in [2.05, 4.69) is 11.4 Å². The lowest BCUT2D eigenvalue weighted by atomic mass is 10.1. The van der Waals surface area contributed by atoms with Crippen LogP contribution in [0.3, 0.4) is 0 Å². The number of hydrogen-bond acceptors (Lipinski definition) is 3. The molecule has 14 heavy (non-hydrogen) atoms. The maximum absolute atomic E-state index is 5.46. The van der Waals surface area contributed by atoms with Crippen LogP contribution in [0.1, 0.15) is 34.2 Å². The standard InChI is InChI=1S/C11H15NOS/c1-2-9(12-4-1)11-6-8-7-13-5-3-10(8)14-11/h6,9,12H,1-5,7H2. The van der Waals surface area contributed by atoms with Crippen LogP contribution < -0.4 is 5.32 Å². The van der Waals surface area contributed by atoms with Gasteiger partial charge in [-0.1, -0.05) is 0 Å². The van der Waals surface area contributed by atoms with E-state index in [1.807, 2.05) is 11.3 Å². The van der Waals surface area contributed by atoms with Gasteiger partial charge in [-0.25, -0.2) is 0 Å². The third-order valence-electron chi connectivity index (χ3n) is 3.05. The molecule has 1 aromatic rings. The van der Waals surface area contributed by atoms with Crippen molar-refractivity contribution in [2.45, 2.75) is 31.9 Å². The number of ether oxygens (including phenoxy) is 1. The summed E-state index contributed by atoms with van der Waals surface area (Å²) in [6.07, 6.45) is 3.75. The first-order valence-corrected chi connectivity index (χ1v) is 6.18. The average Bonchev–Trinajstić information content (AvgIpc) is 2.86. The van der Waals surface area contributed by atoms with E-state index in [-0.39, 0.29) is 0 Å². The normalized spacial score (nSPS) is 26.4. The van der Waals surface area contributed by atoms with E-state index in [0.29, 0.717) is 6.04 Å². The molecule has 0 bridgehead atoms. The van der Waals surface area contributed by atoms with Gasteiger partial charge in [0.15, 0.2) is 0 Å². The molecular weight excluding hydrogens is 194 g/mol.